The summed E-state index contributed by atoms with van der Waals surface area (Å²) < 4.78 is 0.175. The average Bonchev–Trinajstić information content (AvgIpc) is 3.07. The highest BCUT2D eigenvalue weighted by Crippen LogP contribution is 2.37. The average molecular weight is 478 g/mol. The summed E-state index contributed by atoms with van der Waals surface area (Å²) >= 11 is 6.65. The predicted octanol–water partition coefficient (Wildman–Crippen LogP) is 3.35. The maximum absolute atomic E-state index is 13.4. The van der Waals surface area contributed by atoms with Crippen LogP contribution in [0, 0.1) is 5.92 Å². The molecule has 1 fully saturated rings. The summed E-state index contributed by atoms with van der Waals surface area (Å²) in [7, 11) is 2.09. The van der Waals surface area contributed by atoms with Gasteiger partial charge in [-0.2, -0.15) is 0 Å². The van der Waals surface area contributed by atoms with Crippen molar-refractivity contribution >= 4 is 46.8 Å². The monoisotopic (exact) mass is 477 g/mol. The molecule has 1 aromatic carbocycles. The Hall–Kier alpha value is -2.29. The molecule has 2 unspecified atom stereocenters. The van der Waals surface area contributed by atoms with Gasteiger partial charge in [0, 0.05) is 18.8 Å². The number of fused-ring (bicyclic) bond motifs is 1. The highest BCUT2D eigenvalue weighted by atomic mass is 35.5. The van der Waals surface area contributed by atoms with Gasteiger partial charge in [-0.25, -0.2) is 0 Å². The number of carboxylic acids is 1. The number of nitrogens with zero attached hydrogens (tertiary/aromatic N) is 1. The van der Waals surface area contributed by atoms with Gasteiger partial charge in [0.05, 0.1) is 15.2 Å². The summed E-state index contributed by atoms with van der Waals surface area (Å²) in [4.78, 5) is 40.0. The molecule has 1 aliphatic carbocycles. The molecule has 9 heteroatoms. The minimum atomic E-state index is -1.34. The Bertz CT molecular complexity index is 967. The van der Waals surface area contributed by atoms with Crippen LogP contribution < -0.4 is 10.6 Å². The topological polar surface area (TPSA) is 98.7 Å². The number of carbonyl (C=O) groups is 3. The van der Waals surface area contributed by atoms with E-state index in [-0.39, 0.29) is 22.1 Å². The zero-order valence-electron chi connectivity index (χ0n) is 18.1. The van der Waals surface area contributed by atoms with Crippen LogP contribution in [0.3, 0.4) is 0 Å². The van der Waals surface area contributed by atoms with Crippen molar-refractivity contribution in [2.75, 3.05) is 25.5 Å². The summed E-state index contributed by atoms with van der Waals surface area (Å²) in [5, 5.41) is 15.1. The van der Waals surface area contributed by atoms with Crippen LogP contribution in [0.25, 0.3) is 0 Å². The number of carbonyl (C=O) groups excluding carboxylic acids is 2. The van der Waals surface area contributed by atoms with Gasteiger partial charge in [-0.05, 0) is 62.4 Å². The molecule has 0 saturated heterocycles. The second-order valence-corrected chi connectivity index (χ2v) is 10.3. The van der Waals surface area contributed by atoms with Gasteiger partial charge in [0.15, 0.2) is 0 Å². The lowest BCUT2D eigenvalue weighted by Crippen LogP contribution is -2.55. The van der Waals surface area contributed by atoms with Crippen molar-refractivity contribution in [3.63, 3.8) is 0 Å². The fraction of sp³-hybridized carbons (Fsp3) is 0.435. The third-order valence-electron chi connectivity index (χ3n) is 6.13. The largest absolute Gasteiger partial charge is 0.481 e. The Kier molecular flexibility index (Phi) is 7.69. The molecule has 7 nitrogen and oxygen atoms in total. The first-order valence-electron chi connectivity index (χ1n) is 10.5. The van der Waals surface area contributed by atoms with Crippen molar-refractivity contribution < 1.29 is 19.5 Å². The van der Waals surface area contributed by atoms with Crippen LogP contribution in [0.1, 0.15) is 30.4 Å². The number of halogens is 1. The van der Waals surface area contributed by atoms with E-state index in [4.69, 9.17) is 11.6 Å². The van der Waals surface area contributed by atoms with Crippen molar-refractivity contribution in [2.45, 2.75) is 37.6 Å². The zero-order valence-corrected chi connectivity index (χ0v) is 19.7. The first kappa shape index (κ1) is 24.4. The van der Waals surface area contributed by atoms with Gasteiger partial charge in [0.1, 0.15) is 5.54 Å². The van der Waals surface area contributed by atoms with Crippen LogP contribution in [0.5, 0.6) is 0 Å². The lowest BCUT2D eigenvalue weighted by atomic mass is 9.93. The van der Waals surface area contributed by atoms with Crippen LogP contribution >= 0.6 is 23.4 Å². The standard InChI is InChI=1S/C23H28ClN3O4S/c1-14(32-15(2)24)20(28)26-23(9-6-18(13-23)21(29)30)22(31)25-19-5-4-16-7-10-27(3)11-8-17(16)12-19/h4-5,12,18H,1-2,6-11,13H2,3H3,(H,25,31)(H,26,28)(H,29,30). The van der Waals surface area contributed by atoms with E-state index >= 15 is 0 Å². The molecule has 32 heavy (non-hydrogen) atoms. The Morgan fingerprint density at radius 2 is 1.91 bits per heavy atom. The fourth-order valence-electron chi connectivity index (χ4n) is 4.27. The second kappa shape index (κ2) is 10.1. The van der Waals surface area contributed by atoms with Crippen LogP contribution in [-0.4, -0.2) is 53.5 Å². The molecule has 0 aromatic heterocycles. The van der Waals surface area contributed by atoms with E-state index in [1.54, 1.807) is 0 Å². The molecule has 1 saturated carbocycles. The van der Waals surface area contributed by atoms with Crippen LogP contribution in [0.4, 0.5) is 5.69 Å². The number of anilines is 1. The summed E-state index contributed by atoms with van der Waals surface area (Å²) in [5.41, 5.74) is 1.74. The zero-order chi connectivity index (χ0) is 23.5. The minimum Gasteiger partial charge on any atom is -0.481 e. The molecule has 2 aliphatic rings. The minimum absolute atomic E-state index is 0.00934. The smallest absolute Gasteiger partial charge is 0.306 e. The number of amides is 2. The summed E-state index contributed by atoms with van der Waals surface area (Å²) in [6.45, 7) is 9.14. The molecule has 1 aliphatic heterocycles. The molecule has 0 bridgehead atoms. The maximum Gasteiger partial charge on any atom is 0.306 e. The molecular formula is C23H28ClN3O4S. The summed E-state index contributed by atoms with van der Waals surface area (Å²) in [6.07, 6.45) is 2.36. The Morgan fingerprint density at radius 3 is 2.53 bits per heavy atom. The highest BCUT2D eigenvalue weighted by molar-refractivity contribution is 8.08. The van der Waals surface area contributed by atoms with E-state index < -0.39 is 29.2 Å². The van der Waals surface area contributed by atoms with Crippen molar-refractivity contribution in [3.8, 4) is 0 Å². The molecule has 3 N–H and O–H groups in total. The van der Waals surface area contributed by atoms with E-state index in [0.29, 0.717) is 12.1 Å². The van der Waals surface area contributed by atoms with Gasteiger partial charge in [-0.1, -0.05) is 42.6 Å². The van der Waals surface area contributed by atoms with Crippen molar-refractivity contribution in [1.82, 2.24) is 10.2 Å². The first-order chi connectivity index (χ1) is 15.1. The molecule has 172 valence electrons. The lowest BCUT2D eigenvalue weighted by Gasteiger charge is -2.29. The SMILES string of the molecule is C=C(Cl)SC(=C)C(=O)NC1(C(=O)Nc2ccc3c(c2)CCN(C)CC3)CCC(C(=O)O)C1. The molecule has 2 amide bonds. The van der Waals surface area contributed by atoms with Gasteiger partial charge in [-0.15, -0.1) is 0 Å². The molecule has 2 atom stereocenters. The number of likely N-dealkylation sites (N-methyl/N-ethyl adjacent to an activating group) is 1. The van der Waals surface area contributed by atoms with Gasteiger partial charge < -0.3 is 20.6 Å². The number of benzene rings is 1. The number of nitrogens with one attached hydrogen (secondary N) is 2. The van der Waals surface area contributed by atoms with E-state index in [0.717, 1.165) is 37.7 Å². The van der Waals surface area contributed by atoms with E-state index in [9.17, 15) is 19.5 Å². The van der Waals surface area contributed by atoms with Crippen LogP contribution in [0.2, 0.25) is 0 Å². The fourth-order valence-corrected chi connectivity index (χ4v) is 4.96. The van der Waals surface area contributed by atoms with E-state index in [2.05, 4.69) is 35.7 Å². The van der Waals surface area contributed by atoms with Gasteiger partial charge >= 0.3 is 5.97 Å². The number of hydrogen-bond acceptors (Lipinski definition) is 5. The summed E-state index contributed by atoms with van der Waals surface area (Å²) in [5.74, 6) is -2.69. The summed E-state index contributed by atoms with van der Waals surface area (Å²) in [6, 6.07) is 5.85. The Morgan fingerprint density at radius 1 is 1.22 bits per heavy atom. The highest BCUT2D eigenvalue weighted by Gasteiger charge is 2.48. The number of thioether (sulfide) groups is 1. The Balaban J connectivity index is 1.80. The number of hydrogen-bond donors (Lipinski definition) is 3. The maximum atomic E-state index is 13.4. The molecule has 0 radical (unpaired) electrons. The molecule has 0 spiro atoms. The van der Waals surface area contributed by atoms with Crippen LogP contribution in [0.15, 0.2) is 40.6 Å². The first-order valence-corrected chi connectivity index (χ1v) is 11.7. The normalized spacial score (nSPS) is 23.0. The Labute approximate surface area is 197 Å². The predicted molar refractivity (Wildman–Crippen MR) is 128 cm³/mol. The van der Waals surface area contributed by atoms with Gasteiger partial charge in [0.25, 0.3) is 5.91 Å². The third-order valence-corrected chi connectivity index (χ3v) is 7.01. The third kappa shape index (κ3) is 5.74. The number of aliphatic carboxylic acids is 1. The van der Waals surface area contributed by atoms with Gasteiger partial charge in [0.2, 0.25) is 5.91 Å². The number of carboxylic acid groups (broad SMARTS) is 1. The lowest BCUT2D eigenvalue weighted by molar-refractivity contribution is -0.142. The molecule has 1 aromatic rings. The van der Waals surface area contributed by atoms with Crippen molar-refractivity contribution in [3.05, 3.63) is 51.8 Å². The quantitative estimate of drug-likeness (QED) is 0.521. The second-order valence-electron chi connectivity index (χ2n) is 8.44. The van der Waals surface area contributed by atoms with Gasteiger partial charge in [-0.3, -0.25) is 14.4 Å². The van der Waals surface area contributed by atoms with Crippen molar-refractivity contribution in [1.29, 1.82) is 0 Å². The van der Waals surface area contributed by atoms with Crippen molar-refractivity contribution in [2.24, 2.45) is 5.92 Å². The van der Waals surface area contributed by atoms with E-state index in [1.807, 2.05) is 18.2 Å². The number of rotatable bonds is 7. The molecular weight excluding hydrogens is 450 g/mol. The van der Waals surface area contributed by atoms with Crippen LogP contribution in [-0.2, 0) is 27.2 Å². The molecule has 3 rings (SSSR count). The molecule has 1 heterocycles. The van der Waals surface area contributed by atoms with E-state index in [1.165, 1.54) is 11.1 Å².